The third kappa shape index (κ3) is 3.19. The van der Waals surface area contributed by atoms with Gasteiger partial charge in [-0.1, -0.05) is 6.42 Å². The van der Waals surface area contributed by atoms with Gasteiger partial charge in [-0.25, -0.2) is 0 Å². The maximum atomic E-state index is 12.6. The molecule has 2 heterocycles. The van der Waals surface area contributed by atoms with Crippen LogP contribution < -0.4 is 15.1 Å². The maximum Gasteiger partial charge on any atom is 0.230 e. The van der Waals surface area contributed by atoms with E-state index in [2.05, 4.69) is 5.32 Å². The van der Waals surface area contributed by atoms with E-state index in [0.717, 1.165) is 55.7 Å². The molecule has 1 N–H and O–H groups in total. The van der Waals surface area contributed by atoms with Crippen LogP contribution in [0.4, 0.5) is 11.4 Å². The molecule has 4 aliphatic rings. The number of fused-ring (bicyclic) bond motifs is 1. The van der Waals surface area contributed by atoms with Crippen LogP contribution in [0.1, 0.15) is 44.1 Å². The van der Waals surface area contributed by atoms with Gasteiger partial charge < -0.3 is 15.1 Å². The monoisotopic (exact) mass is 381 g/mol. The number of carbonyl (C=O) groups excluding carboxylic acids is 3. The minimum Gasteiger partial charge on any atom is -0.356 e. The van der Waals surface area contributed by atoms with Crippen molar-refractivity contribution in [3.63, 3.8) is 0 Å². The Morgan fingerprint density at radius 1 is 1.11 bits per heavy atom. The van der Waals surface area contributed by atoms with Crippen LogP contribution in [0.15, 0.2) is 18.2 Å². The third-order valence-corrected chi connectivity index (χ3v) is 6.75. The lowest BCUT2D eigenvalue weighted by atomic mass is 9.84. The van der Waals surface area contributed by atoms with E-state index in [0.29, 0.717) is 12.5 Å². The number of amides is 3. The lowest BCUT2D eigenvalue weighted by molar-refractivity contribution is -0.126. The summed E-state index contributed by atoms with van der Waals surface area (Å²) in [7, 11) is 0. The molecule has 148 valence electrons. The molecule has 2 aliphatic carbocycles. The number of nitrogens with one attached hydrogen (secondary N) is 1. The minimum absolute atomic E-state index is 0.00109. The average molecular weight is 381 g/mol. The number of hydrogen-bond acceptors (Lipinski definition) is 3. The molecule has 1 aromatic carbocycles. The van der Waals surface area contributed by atoms with Gasteiger partial charge >= 0.3 is 0 Å². The maximum absolute atomic E-state index is 12.6. The highest BCUT2D eigenvalue weighted by atomic mass is 16.2. The zero-order chi connectivity index (χ0) is 19.3. The molecule has 6 heteroatoms. The molecule has 0 bridgehead atoms. The van der Waals surface area contributed by atoms with Gasteiger partial charge in [0.25, 0.3) is 0 Å². The highest BCUT2D eigenvalue weighted by molar-refractivity contribution is 6.01. The molecule has 1 saturated heterocycles. The molecule has 6 nitrogen and oxygen atoms in total. The summed E-state index contributed by atoms with van der Waals surface area (Å²) in [4.78, 5) is 41.2. The molecule has 2 saturated carbocycles. The number of nitrogens with zero attached hydrogens (tertiary/aromatic N) is 2. The second-order valence-corrected chi connectivity index (χ2v) is 8.77. The molecule has 3 amide bonds. The van der Waals surface area contributed by atoms with Crippen molar-refractivity contribution in [3.8, 4) is 0 Å². The summed E-state index contributed by atoms with van der Waals surface area (Å²) in [5.41, 5.74) is 2.96. The van der Waals surface area contributed by atoms with Crippen LogP contribution in [0.3, 0.4) is 0 Å². The Morgan fingerprint density at radius 2 is 1.93 bits per heavy atom. The molecule has 1 unspecified atom stereocenters. The van der Waals surface area contributed by atoms with Crippen molar-refractivity contribution < 1.29 is 14.4 Å². The molecule has 0 radical (unpaired) electrons. The number of anilines is 2. The van der Waals surface area contributed by atoms with Crippen molar-refractivity contribution in [1.29, 1.82) is 0 Å². The van der Waals surface area contributed by atoms with Gasteiger partial charge in [0.2, 0.25) is 17.7 Å². The van der Waals surface area contributed by atoms with Crippen LogP contribution >= 0.6 is 0 Å². The van der Waals surface area contributed by atoms with E-state index in [-0.39, 0.29) is 36.0 Å². The Bertz CT molecular complexity index is 828. The van der Waals surface area contributed by atoms with Crippen LogP contribution in [-0.4, -0.2) is 37.4 Å². The van der Waals surface area contributed by atoms with Gasteiger partial charge in [0.1, 0.15) is 0 Å². The van der Waals surface area contributed by atoms with Crippen LogP contribution in [0.2, 0.25) is 0 Å². The predicted octanol–water partition coefficient (Wildman–Crippen LogP) is 2.25. The molecule has 5 rings (SSSR count). The van der Waals surface area contributed by atoms with Crippen molar-refractivity contribution in [2.24, 2.45) is 17.8 Å². The normalized spacial score (nSPS) is 24.3. The zero-order valence-corrected chi connectivity index (χ0v) is 16.2. The fourth-order valence-corrected chi connectivity index (χ4v) is 4.50. The zero-order valence-electron chi connectivity index (χ0n) is 16.2. The first kappa shape index (κ1) is 17.7. The van der Waals surface area contributed by atoms with Crippen molar-refractivity contribution in [2.45, 2.75) is 44.9 Å². The fourth-order valence-electron chi connectivity index (χ4n) is 4.50. The van der Waals surface area contributed by atoms with Crippen molar-refractivity contribution in [1.82, 2.24) is 5.32 Å². The number of benzene rings is 1. The first-order chi connectivity index (χ1) is 13.6. The molecular formula is C22H27N3O3. The first-order valence-electron chi connectivity index (χ1n) is 10.6. The van der Waals surface area contributed by atoms with E-state index >= 15 is 0 Å². The van der Waals surface area contributed by atoms with E-state index in [1.165, 1.54) is 12.8 Å². The largest absolute Gasteiger partial charge is 0.356 e. The number of rotatable bonds is 5. The van der Waals surface area contributed by atoms with E-state index < -0.39 is 0 Å². The van der Waals surface area contributed by atoms with Crippen LogP contribution in [0.5, 0.6) is 0 Å². The Morgan fingerprint density at radius 3 is 2.64 bits per heavy atom. The van der Waals surface area contributed by atoms with Crippen molar-refractivity contribution in [3.05, 3.63) is 23.8 Å². The SMILES string of the molecule is O=C(NCC1CC1)C1CC(=O)N(c2ccc3c(c2)CCN3C(=O)C2CCC2)C1. The van der Waals surface area contributed by atoms with Crippen LogP contribution in [-0.2, 0) is 20.8 Å². The van der Waals surface area contributed by atoms with E-state index in [4.69, 9.17) is 0 Å². The Balaban J connectivity index is 1.27. The summed E-state index contributed by atoms with van der Waals surface area (Å²) < 4.78 is 0. The van der Waals surface area contributed by atoms with Gasteiger partial charge in [-0.3, -0.25) is 14.4 Å². The van der Waals surface area contributed by atoms with Gasteiger partial charge in [0.15, 0.2) is 0 Å². The molecule has 1 atom stereocenters. The second kappa shape index (κ2) is 6.90. The molecule has 1 aromatic rings. The van der Waals surface area contributed by atoms with E-state index in [1.54, 1.807) is 4.90 Å². The predicted molar refractivity (Wildman–Crippen MR) is 106 cm³/mol. The summed E-state index contributed by atoms with van der Waals surface area (Å²) in [5.74, 6) is 0.826. The topological polar surface area (TPSA) is 69.7 Å². The van der Waals surface area contributed by atoms with Gasteiger partial charge in [0.05, 0.1) is 5.92 Å². The first-order valence-corrected chi connectivity index (χ1v) is 10.6. The molecule has 2 aliphatic heterocycles. The molecular weight excluding hydrogens is 354 g/mol. The Labute approximate surface area is 165 Å². The van der Waals surface area contributed by atoms with Crippen LogP contribution in [0.25, 0.3) is 0 Å². The number of hydrogen-bond donors (Lipinski definition) is 1. The molecule has 0 spiro atoms. The average Bonchev–Trinajstić information content (AvgIpc) is 3.25. The molecule has 3 fully saturated rings. The van der Waals surface area contributed by atoms with Crippen LogP contribution in [0, 0.1) is 17.8 Å². The Hall–Kier alpha value is -2.37. The fraction of sp³-hybridized carbons (Fsp3) is 0.591. The van der Waals surface area contributed by atoms with Gasteiger partial charge in [-0.15, -0.1) is 0 Å². The van der Waals surface area contributed by atoms with Gasteiger partial charge in [-0.2, -0.15) is 0 Å². The summed E-state index contributed by atoms with van der Waals surface area (Å²) in [5, 5.41) is 3.00. The van der Waals surface area contributed by atoms with E-state index in [1.807, 2.05) is 23.1 Å². The summed E-state index contributed by atoms with van der Waals surface area (Å²) >= 11 is 0. The highest BCUT2D eigenvalue weighted by Gasteiger charge is 2.37. The van der Waals surface area contributed by atoms with Crippen molar-refractivity contribution in [2.75, 3.05) is 29.4 Å². The highest BCUT2D eigenvalue weighted by Crippen LogP contribution is 2.37. The second-order valence-electron chi connectivity index (χ2n) is 8.77. The number of carbonyl (C=O) groups is 3. The molecule has 0 aromatic heterocycles. The Kier molecular flexibility index (Phi) is 4.37. The standard InChI is InChI=1S/C22H27N3O3/c26-20-11-17(21(27)23-12-14-4-5-14)13-25(20)18-6-7-19-16(10-18)8-9-24(19)22(28)15-2-1-3-15/h6-7,10,14-15,17H,1-5,8-9,11-13H2,(H,23,27). The summed E-state index contributed by atoms with van der Waals surface area (Å²) in [6, 6.07) is 5.93. The van der Waals surface area contributed by atoms with E-state index in [9.17, 15) is 14.4 Å². The summed E-state index contributed by atoms with van der Waals surface area (Å²) in [6.45, 7) is 1.92. The van der Waals surface area contributed by atoms with Gasteiger partial charge in [-0.05, 0) is 61.8 Å². The lowest BCUT2D eigenvalue weighted by Crippen LogP contribution is -2.37. The minimum atomic E-state index is -0.267. The smallest absolute Gasteiger partial charge is 0.230 e. The quantitative estimate of drug-likeness (QED) is 0.851. The summed E-state index contributed by atoms with van der Waals surface area (Å²) in [6.07, 6.45) is 6.68. The third-order valence-electron chi connectivity index (χ3n) is 6.75. The molecule has 28 heavy (non-hydrogen) atoms. The van der Waals surface area contributed by atoms with Crippen molar-refractivity contribution >= 4 is 29.1 Å². The van der Waals surface area contributed by atoms with Gasteiger partial charge in [0, 0.05) is 43.3 Å². The lowest BCUT2D eigenvalue weighted by Gasteiger charge is -2.29.